The van der Waals surface area contributed by atoms with Gasteiger partial charge in [0, 0.05) is 37.3 Å². The van der Waals surface area contributed by atoms with E-state index >= 15 is 0 Å². The number of hydrogen-bond donors (Lipinski definition) is 0. The summed E-state index contributed by atoms with van der Waals surface area (Å²) in [5.74, 6) is 0.858. The van der Waals surface area contributed by atoms with Gasteiger partial charge in [0.2, 0.25) is 10.0 Å². The van der Waals surface area contributed by atoms with Crippen molar-refractivity contribution in [1.29, 1.82) is 0 Å². The second kappa shape index (κ2) is 6.00. The fraction of sp³-hybridized carbons (Fsp3) is 0.389. The van der Waals surface area contributed by atoms with Gasteiger partial charge in [-0.05, 0) is 42.7 Å². The summed E-state index contributed by atoms with van der Waals surface area (Å²) in [7, 11) is -2.00. The van der Waals surface area contributed by atoms with E-state index in [1.807, 2.05) is 6.07 Å². The lowest BCUT2D eigenvalue weighted by atomic mass is 9.84. The van der Waals surface area contributed by atoms with Gasteiger partial charge in [0.1, 0.15) is 5.75 Å². The number of sulfonamides is 1. The first-order chi connectivity index (χ1) is 12.0. The van der Waals surface area contributed by atoms with Gasteiger partial charge in [-0.15, -0.1) is 0 Å². The number of nitrogens with zero attached hydrogens (tertiary/aromatic N) is 2. The quantitative estimate of drug-likeness (QED) is 0.835. The Balaban J connectivity index is 1.66. The van der Waals surface area contributed by atoms with Gasteiger partial charge in [0.05, 0.1) is 12.0 Å². The highest BCUT2D eigenvalue weighted by Crippen LogP contribution is 2.37. The molecule has 132 valence electrons. The molecule has 4 rings (SSSR count). The van der Waals surface area contributed by atoms with Gasteiger partial charge in [0.15, 0.2) is 0 Å². The first kappa shape index (κ1) is 16.4. The van der Waals surface area contributed by atoms with Crippen LogP contribution in [0.15, 0.2) is 52.2 Å². The van der Waals surface area contributed by atoms with Crippen molar-refractivity contribution >= 4 is 10.0 Å². The highest BCUT2D eigenvalue weighted by atomic mass is 32.2. The minimum Gasteiger partial charge on any atom is -0.497 e. The van der Waals surface area contributed by atoms with Crippen LogP contribution in [0.5, 0.6) is 5.75 Å². The average Bonchev–Trinajstić information content (AvgIpc) is 2.62. The molecule has 7 heteroatoms. The molecule has 25 heavy (non-hydrogen) atoms. The Morgan fingerprint density at radius 3 is 2.52 bits per heavy atom. The Kier molecular flexibility index (Phi) is 3.92. The van der Waals surface area contributed by atoms with Crippen molar-refractivity contribution in [3.05, 3.63) is 58.5 Å². The van der Waals surface area contributed by atoms with Crippen LogP contribution in [0.3, 0.4) is 0 Å². The zero-order valence-electron chi connectivity index (χ0n) is 14.0. The summed E-state index contributed by atoms with van der Waals surface area (Å²) in [6, 6.07) is 11.7. The molecule has 0 amide bonds. The number of fused-ring (bicyclic) bond motifs is 4. The monoisotopic (exact) mass is 360 g/mol. The molecule has 0 spiro atoms. The SMILES string of the molecule is COc1ccc(S(=O)(=O)N2CC3C[C@H](C2)c2cccc(=O)n2C3)cc1. The van der Waals surface area contributed by atoms with Crippen molar-refractivity contribution in [2.45, 2.75) is 23.8 Å². The molecule has 2 atom stereocenters. The van der Waals surface area contributed by atoms with Crippen molar-refractivity contribution in [3.8, 4) is 5.75 Å². The summed E-state index contributed by atoms with van der Waals surface area (Å²) in [6.07, 6.45) is 0.929. The topological polar surface area (TPSA) is 68.6 Å². The summed E-state index contributed by atoms with van der Waals surface area (Å²) in [6.45, 7) is 1.44. The van der Waals surface area contributed by atoms with Crippen molar-refractivity contribution in [2.24, 2.45) is 5.92 Å². The maximum atomic E-state index is 13.0. The Hall–Kier alpha value is -2.12. The highest BCUT2D eigenvalue weighted by Gasteiger charge is 2.39. The third kappa shape index (κ3) is 2.77. The molecule has 1 aromatic carbocycles. The first-order valence-electron chi connectivity index (χ1n) is 8.33. The highest BCUT2D eigenvalue weighted by molar-refractivity contribution is 7.89. The molecular formula is C18H20N2O4S. The summed E-state index contributed by atoms with van der Waals surface area (Å²) >= 11 is 0. The lowest BCUT2D eigenvalue weighted by molar-refractivity contribution is 0.186. The van der Waals surface area contributed by atoms with Crippen molar-refractivity contribution < 1.29 is 13.2 Å². The second-order valence-corrected chi connectivity index (χ2v) is 8.63. The van der Waals surface area contributed by atoms with Crippen LogP contribution in [0.2, 0.25) is 0 Å². The molecule has 2 aromatic rings. The van der Waals surface area contributed by atoms with Gasteiger partial charge in [-0.2, -0.15) is 4.31 Å². The van der Waals surface area contributed by atoms with Crippen LogP contribution in [0, 0.1) is 5.92 Å². The molecule has 2 aliphatic rings. The van der Waals surface area contributed by atoms with Crippen LogP contribution in [0.4, 0.5) is 0 Å². The van der Waals surface area contributed by atoms with E-state index in [2.05, 4.69) is 0 Å². The van der Waals surface area contributed by atoms with Gasteiger partial charge < -0.3 is 9.30 Å². The number of hydrogen-bond acceptors (Lipinski definition) is 4. The maximum Gasteiger partial charge on any atom is 0.250 e. The molecular weight excluding hydrogens is 340 g/mol. The van der Waals surface area contributed by atoms with Crippen LogP contribution in [0.1, 0.15) is 18.0 Å². The molecule has 1 unspecified atom stereocenters. The standard InChI is InChI=1S/C18H20N2O4S/c1-24-15-5-7-16(8-6-15)25(22,23)19-10-13-9-14(12-19)17-3-2-4-18(21)20(17)11-13/h2-8,13-14H,9-12H2,1H3/t13?,14-/m1/s1. The fourth-order valence-corrected chi connectivity index (χ4v) is 5.51. The normalized spacial score (nSPS) is 23.1. The maximum absolute atomic E-state index is 13.0. The molecule has 1 aromatic heterocycles. The van der Waals surface area contributed by atoms with Gasteiger partial charge >= 0.3 is 0 Å². The molecule has 1 saturated heterocycles. The Morgan fingerprint density at radius 2 is 1.80 bits per heavy atom. The Labute approximate surface area is 146 Å². The predicted molar refractivity (Wildman–Crippen MR) is 93.3 cm³/mol. The number of aromatic nitrogens is 1. The van der Waals surface area contributed by atoms with Gasteiger partial charge in [-0.3, -0.25) is 4.79 Å². The Morgan fingerprint density at radius 1 is 1.04 bits per heavy atom. The third-order valence-corrected chi connectivity index (χ3v) is 6.99. The molecule has 0 aliphatic carbocycles. The first-order valence-corrected chi connectivity index (χ1v) is 9.77. The average molecular weight is 360 g/mol. The third-order valence-electron chi connectivity index (χ3n) is 5.14. The molecule has 2 aliphatic heterocycles. The summed E-state index contributed by atoms with van der Waals surface area (Å²) in [5, 5.41) is 0. The van der Waals surface area contributed by atoms with Crippen LogP contribution in [0.25, 0.3) is 0 Å². The predicted octanol–water partition coefficient (Wildman–Crippen LogP) is 1.66. The number of rotatable bonds is 3. The van der Waals surface area contributed by atoms with E-state index in [4.69, 9.17) is 4.74 Å². The van der Waals surface area contributed by atoms with E-state index in [1.165, 1.54) is 0 Å². The fourth-order valence-electron chi connectivity index (χ4n) is 3.95. The molecule has 0 saturated carbocycles. The number of benzene rings is 1. The minimum absolute atomic E-state index is 0.00124. The van der Waals surface area contributed by atoms with Gasteiger partial charge in [-0.1, -0.05) is 6.07 Å². The Bertz CT molecular complexity index is 950. The van der Waals surface area contributed by atoms with Crippen molar-refractivity contribution in [2.75, 3.05) is 20.2 Å². The second-order valence-electron chi connectivity index (χ2n) is 6.70. The van der Waals surface area contributed by atoms with Crippen molar-refractivity contribution in [3.63, 3.8) is 0 Å². The van der Waals surface area contributed by atoms with E-state index in [0.29, 0.717) is 25.4 Å². The molecule has 2 bridgehead atoms. The van der Waals surface area contributed by atoms with Crippen LogP contribution < -0.4 is 10.3 Å². The zero-order chi connectivity index (χ0) is 17.6. The minimum atomic E-state index is -3.55. The van der Waals surface area contributed by atoms with E-state index in [1.54, 1.807) is 52.4 Å². The summed E-state index contributed by atoms with van der Waals surface area (Å²) < 4.78 is 34.5. The lowest BCUT2D eigenvalue weighted by Crippen LogP contribution is -2.48. The van der Waals surface area contributed by atoms with Crippen LogP contribution >= 0.6 is 0 Å². The van der Waals surface area contributed by atoms with Crippen molar-refractivity contribution in [1.82, 2.24) is 8.87 Å². The summed E-state index contributed by atoms with van der Waals surface area (Å²) in [4.78, 5) is 12.4. The summed E-state index contributed by atoms with van der Waals surface area (Å²) in [5.41, 5.74) is 0.942. The number of piperidine rings is 1. The van der Waals surface area contributed by atoms with E-state index < -0.39 is 10.0 Å². The smallest absolute Gasteiger partial charge is 0.250 e. The number of methoxy groups -OCH3 is 1. The largest absolute Gasteiger partial charge is 0.497 e. The van der Waals surface area contributed by atoms with E-state index in [0.717, 1.165) is 12.1 Å². The van der Waals surface area contributed by atoms with Gasteiger partial charge in [-0.25, -0.2) is 8.42 Å². The van der Waals surface area contributed by atoms with E-state index in [9.17, 15) is 13.2 Å². The molecule has 6 nitrogen and oxygen atoms in total. The van der Waals surface area contributed by atoms with Gasteiger partial charge in [0.25, 0.3) is 5.56 Å². The van der Waals surface area contributed by atoms with Crippen LogP contribution in [-0.2, 0) is 16.6 Å². The zero-order valence-corrected chi connectivity index (χ0v) is 14.8. The number of pyridine rings is 1. The molecule has 1 fully saturated rings. The molecule has 0 radical (unpaired) electrons. The van der Waals surface area contributed by atoms with E-state index in [-0.39, 0.29) is 22.3 Å². The van der Waals surface area contributed by atoms with Crippen LogP contribution in [-0.4, -0.2) is 37.5 Å². The number of ether oxygens (including phenoxy) is 1. The molecule has 0 N–H and O–H groups in total. The lowest BCUT2D eigenvalue weighted by Gasteiger charge is -2.42. The molecule has 3 heterocycles.